The molecule has 2 rings (SSSR count). The van der Waals surface area contributed by atoms with Crippen LogP contribution < -0.4 is 5.32 Å². The summed E-state index contributed by atoms with van der Waals surface area (Å²) in [5.41, 5.74) is 1.35. The quantitative estimate of drug-likeness (QED) is 0.760. The molecular formula is C17H18ClNO3S2. The molecule has 7 heteroatoms. The van der Waals surface area contributed by atoms with Gasteiger partial charge < -0.3 is 5.32 Å². The van der Waals surface area contributed by atoms with Crippen LogP contribution in [0.25, 0.3) is 0 Å². The molecule has 0 aliphatic rings. The number of halogens is 1. The SMILES string of the molecule is Cc1ccc(S(C)(=O)=O)cc1NC(=O)CCSc1ccc(Cl)cc1. The van der Waals surface area contributed by atoms with E-state index in [0.29, 0.717) is 22.9 Å². The Morgan fingerprint density at radius 1 is 1.17 bits per heavy atom. The van der Waals surface area contributed by atoms with Crippen molar-refractivity contribution in [2.45, 2.75) is 23.1 Å². The van der Waals surface area contributed by atoms with Crippen molar-refractivity contribution in [3.8, 4) is 0 Å². The number of aryl methyl sites for hydroxylation is 1. The highest BCUT2D eigenvalue weighted by molar-refractivity contribution is 7.99. The Bertz CT molecular complexity index is 833. The number of anilines is 1. The number of amides is 1. The van der Waals surface area contributed by atoms with E-state index in [2.05, 4.69) is 5.32 Å². The van der Waals surface area contributed by atoms with Gasteiger partial charge in [0.25, 0.3) is 0 Å². The topological polar surface area (TPSA) is 63.2 Å². The monoisotopic (exact) mass is 383 g/mol. The largest absolute Gasteiger partial charge is 0.326 e. The lowest BCUT2D eigenvalue weighted by Crippen LogP contribution is -2.13. The second-order valence-electron chi connectivity index (χ2n) is 5.35. The van der Waals surface area contributed by atoms with Gasteiger partial charge in [0.05, 0.1) is 4.90 Å². The molecule has 0 saturated heterocycles. The standard InChI is InChI=1S/C17H18ClNO3S2/c1-12-3-8-15(24(2,21)22)11-16(12)19-17(20)9-10-23-14-6-4-13(18)5-7-14/h3-8,11H,9-10H2,1-2H3,(H,19,20). The molecule has 0 atom stereocenters. The number of rotatable bonds is 6. The van der Waals surface area contributed by atoms with E-state index in [0.717, 1.165) is 16.7 Å². The molecule has 0 aliphatic carbocycles. The van der Waals surface area contributed by atoms with Gasteiger partial charge in [-0.15, -0.1) is 11.8 Å². The molecule has 0 heterocycles. The lowest BCUT2D eigenvalue weighted by molar-refractivity contribution is -0.115. The molecule has 0 aliphatic heterocycles. The molecule has 0 unspecified atom stereocenters. The zero-order valence-electron chi connectivity index (χ0n) is 13.4. The summed E-state index contributed by atoms with van der Waals surface area (Å²) in [4.78, 5) is 13.3. The minimum atomic E-state index is -3.30. The van der Waals surface area contributed by atoms with E-state index in [-0.39, 0.29) is 10.8 Å². The lowest BCUT2D eigenvalue weighted by atomic mass is 10.2. The van der Waals surface area contributed by atoms with E-state index in [1.165, 1.54) is 12.1 Å². The van der Waals surface area contributed by atoms with Gasteiger partial charge in [-0.05, 0) is 48.9 Å². The molecule has 128 valence electrons. The maximum Gasteiger partial charge on any atom is 0.225 e. The molecule has 0 aromatic heterocycles. The van der Waals surface area contributed by atoms with Crippen molar-refractivity contribution in [3.05, 3.63) is 53.1 Å². The highest BCUT2D eigenvalue weighted by atomic mass is 35.5. The summed E-state index contributed by atoms with van der Waals surface area (Å²) in [5, 5.41) is 3.46. The average Bonchev–Trinajstić information content (AvgIpc) is 2.50. The van der Waals surface area contributed by atoms with Gasteiger partial charge >= 0.3 is 0 Å². The van der Waals surface area contributed by atoms with Crippen LogP contribution in [-0.2, 0) is 14.6 Å². The summed E-state index contributed by atoms with van der Waals surface area (Å²) in [5.74, 6) is 0.475. The molecule has 2 aromatic rings. The van der Waals surface area contributed by atoms with Gasteiger partial charge in [0.1, 0.15) is 0 Å². The predicted molar refractivity (Wildman–Crippen MR) is 99.7 cm³/mol. The van der Waals surface area contributed by atoms with E-state index in [1.807, 2.05) is 31.2 Å². The highest BCUT2D eigenvalue weighted by Gasteiger charge is 2.11. The third-order valence-electron chi connectivity index (χ3n) is 3.32. The van der Waals surface area contributed by atoms with Crippen molar-refractivity contribution in [2.24, 2.45) is 0 Å². The van der Waals surface area contributed by atoms with Gasteiger partial charge in [-0.25, -0.2) is 8.42 Å². The fourth-order valence-electron chi connectivity index (χ4n) is 1.97. The van der Waals surface area contributed by atoms with Gasteiger partial charge in [-0.3, -0.25) is 4.79 Å². The van der Waals surface area contributed by atoms with Crippen molar-refractivity contribution in [1.82, 2.24) is 0 Å². The zero-order chi connectivity index (χ0) is 17.7. The van der Waals surface area contributed by atoms with Gasteiger partial charge in [-0.2, -0.15) is 0 Å². The summed E-state index contributed by atoms with van der Waals surface area (Å²) in [6.07, 6.45) is 1.47. The number of benzene rings is 2. The van der Waals surface area contributed by atoms with Crippen LogP contribution in [0.4, 0.5) is 5.69 Å². The molecule has 0 spiro atoms. The van der Waals surface area contributed by atoms with E-state index in [4.69, 9.17) is 11.6 Å². The molecule has 1 N–H and O–H groups in total. The number of thioether (sulfide) groups is 1. The number of hydrogen-bond donors (Lipinski definition) is 1. The van der Waals surface area contributed by atoms with Crippen LogP contribution in [0.15, 0.2) is 52.3 Å². The Labute approximate surface area is 151 Å². The third-order valence-corrected chi connectivity index (χ3v) is 5.70. The summed E-state index contributed by atoms with van der Waals surface area (Å²) < 4.78 is 23.2. The zero-order valence-corrected chi connectivity index (χ0v) is 15.8. The van der Waals surface area contributed by atoms with E-state index in [9.17, 15) is 13.2 Å². The number of carbonyl (C=O) groups excluding carboxylic acids is 1. The lowest BCUT2D eigenvalue weighted by Gasteiger charge is -2.10. The first-order chi connectivity index (χ1) is 11.3. The van der Waals surface area contributed by atoms with Crippen LogP contribution >= 0.6 is 23.4 Å². The molecule has 0 saturated carbocycles. The van der Waals surface area contributed by atoms with Crippen LogP contribution in [0, 0.1) is 6.92 Å². The Morgan fingerprint density at radius 3 is 2.46 bits per heavy atom. The van der Waals surface area contributed by atoms with Gasteiger partial charge in [0.2, 0.25) is 5.91 Å². The van der Waals surface area contributed by atoms with Crippen LogP contribution in [-0.4, -0.2) is 26.3 Å². The number of hydrogen-bond acceptors (Lipinski definition) is 4. The fourth-order valence-corrected chi connectivity index (χ4v) is 3.60. The molecule has 1 amide bonds. The Kier molecular flexibility index (Phi) is 6.32. The maximum absolute atomic E-state index is 12.1. The van der Waals surface area contributed by atoms with Gasteiger partial charge in [-0.1, -0.05) is 17.7 Å². The summed E-state index contributed by atoms with van der Waals surface area (Å²) >= 11 is 7.39. The van der Waals surface area contributed by atoms with E-state index < -0.39 is 9.84 Å². The first-order valence-electron chi connectivity index (χ1n) is 7.24. The van der Waals surface area contributed by atoms with Crippen LogP contribution in [0.2, 0.25) is 5.02 Å². The smallest absolute Gasteiger partial charge is 0.225 e. The number of carbonyl (C=O) groups is 1. The second-order valence-corrected chi connectivity index (χ2v) is 8.97. The number of sulfone groups is 1. The van der Waals surface area contributed by atoms with Crippen molar-refractivity contribution in [1.29, 1.82) is 0 Å². The maximum atomic E-state index is 12.1. The Morgan fingerprint density at radius 2 is 1.83 bits per heavy atom. The average molecular weight is 384 g/mol. The van der Waals surface area contributed by atoms with Gasteiger partial charge in [0, 0.05) is 34.0 Å². The molecule has 0 radical (unpaired) electrons. The molecular weight excluding hydrogens is 366 g/mol. The van der Waals surface area contributed by atoms with E-state index in [1.54, 1.807) is 17.8 Å². The summed E-state index contributed by atoms with van der Waals surface area (Å²) in [6, 6.07) is 12.2. The predicted octanol–water partition coefficient (Wildman–Crippen LogP) is 4.17. The second kappa shape index (κ2) is 8.05. The van der Waals surface area contributed by atoms with Crippen LogP contribution in [0.1, 0.15) is 12.0 Å². The number of nitrogens with one attached hydrogen (secondary N) is 1. The van der Waals surface area contributed by atoms with Gasteiger partial charge in [0.15, 0.2) is 9.84 Å². The first kappa shape index (κ1) is 18.8. The van der Waals surface area contributed by atoms with Crippen molar-refractivity contribution < 1.29 is 13.2 Å². The fraction of sp³-hybridized carbons (Fsp3) is 0.235. The summed E-state index contributed by atoms with van der Waals surface area (Å²) in [6.45, 7) is 1.82. The molecule has 24 heavy (non-hydrogen) atoms. The molecule has 2 aromatic carbocycles. The minimum absolute atomic E-state index is 0.148. The Hall–Kier alpha value is -1.50. The molecule has 0 bridgehead atoms. The first-order valence-corrected chi connectivity index (χ1v) is 10.5. The van der Waals surface area contributed by atoms with E-state index >= 15 is 0 Å². The highest BCUT2D eigenvalue weighted by Crippen LogP contribution is 2.23. The Balaban J connectivity index is 1.93. The van der Waals surface area contributed by atoms with Crippen molar-refractivity contribution in [2.75, 3.05) is 17.3 Å². The van der Waals surface area contributed by atoms with Crippen LogP contribution in [0.3, 0.4) is 0 Å². The third kappa shape index (κ3) is 5.54. The minimum Gasteiger partial charge on any atom is -0.326 e. The summed E-state index contributed by atoms with van der Waals surface area (Å²) in [7, 11) is -3.30. The normalized spacial score (nSPS) is 11.3. The van der Waals surface area contributed by atoms with Crippen molar-refractivity contribution in [3.63, 3.8) is 0 Å². The molecule has 4 nitrogen and oxygen atoms in total. The van der Waals surface area contributed by atoms with Crippen molar-refractivity contribution >= 4 is 44.8 Å². The van der Waals surface area contributed by atoms with Crippen LogP contribution in [0.5, 0.6) is 0 Å². The molecule has 0 fully saturated rings.